The highest BCUT2D eigenvalue weighted by molar-refractivity contribution is 6.30. The maximum absolute atomic E-state index is 11.1. The molecule has 3 aromatic rings. The molecule has 0 saturated carbocycles. The van der Waals surface area contributed by atoms with E-state index >= 15 is 0 Å². The second-order valence-corrected chi connectivity index (χ2v) is 6.92. The summed E-state index contributed by atoms with van der Waals surface area (Å²) in [6.45, 7) is 5.44. The summed E-state index contributed by atoms with van der Waals surface area (Å²) >= 11 is 6.19. The van der Waals surface area contributed by atoms with Crippen LogP contribution in [0.2, 0.25) is 5.02 Å². The number of pyridine rings is 1. The Hall–Kier alpha value is -2.60. The van der Waals surface area contributed by atoms with Gasteiger partial charge in [0.1, 0.15) is 11.4 Å². The first-order valence-corrected chi connectivity index (χ1v) is 9.35. The summed E-state index contributed by atoms with van der Waals surface area (Å²) in [6.07, 6.45) is 5.31. The lowest BCUT2D eigenvalue weighted by Gasteiger charge is -2.17. The average molecular weight is 388 g/mol. The third kappa shape index (κ3) is 4.39. The lowest BCUT2D eigenvalue weighted by atomic mass is 10.1. The molecule has 0 spiro atoms. The van der Waals surface area contributed by atoms with Crippen LogP contribution in [0.1, 0.15) is 42.7 Å². The Morgan fingerprint density at radius 3 is 2.74 bits per heavy atom. The van der Waals surface area contributed by atoms with E-state index in [4.69, 9.17) is 21.4 Å². The molecule has 27 heavy (non-hydrogen) atoms. The summed E-state index contributed by atoms with van der Waals surface area (Å²) < 4.78 is 7.82. The zero-order valence-electron chi connectivity index (χ0n) is 15.4. The molecule has 0 aliphatic carbocycles. The molecule has 1 aromatic carbocycles. The van der Waals surface area contributed by atoms with Crippen LogP contribution in [0.15, 0.2) is 36.7 Å². The Labute approximate surface area is 162 Å². The van der Waals surface area contributed by atoms with Crippen LogP contribution >= 0.6 is 11.6 Å². The van der Waals surface area contributed by atoms with Crippen molar-refractivity contribution in [1.29, 1.82) is 0 Å². The highest BCUT2D eigenvalue weighted by Gasteiger charge is 2.13. The van der Waals surface area contributed by atoms with E-state index in [1.807, 2.05) is 18.2 Å². The summed E-state index contributed by atoms with van der Waals surface area (Å²) in [6, 6.07) is 7.09. The Kier molecular flexibility index (Phi) is 5.96. The summed E-state index contributed by atoms with van der Waals surface area (Å²) in [7, 11) is 0. The predicted octanol–water partition coefficient (Wildman–Crippen LogP) is 4.65. The van der Waals surface area contributed by atoms with Crippen LogP contribution < -0.4 is 4.74 Å². The molecule has 0 fully saturated rings. The van der Waals surface area contributed by atoms with Crippen molar-refractivity contribution in [3.63, 3.8) is 0 Å². The Morgan fingerprint density at radius 2 is 2.04 bits per heavy atom. The van der Waals surface area contributed by atoms with Crippen LogP contribution in [0.5, 0.6) is 5.75 Å². The molecule has 0 aliphatic rings. The minimum Gasteiger partial charge on any atom is -0.493 e. The van der Waals surface area contributed by atoms with Gasteiger partial charge in [-0.3, -0.25) is 4.68 Å². The van der Waals surface area contributed by atoms with E-state index in [1.165, 1.54) is 12.3 Å². The van der Waals surface area contributed by atoms with Gasteiger partial charge in [0.15, 0.2) is 0 Å². The number of aromatic carboxylic acids is 1. The van der Waals surface area contributed by atoms with Gasteiger partial charge in [0.2, 0.25) is 0 Å². The van der Waals surface area contributed by atoms with Gasteiger partial charge in [-0.1, -0.05) is 38.3 Å². The first-order chi connectivity index (χ1) is 13.0. The number of hydrogen-bond acceptors (Lipinski definition) is 4. The van der Waals surface area contributed by atoms with Gasteiger partial charge in [-0.25, -0.2) is 9.78 Å². The van der Waals surface area contributed by atoms with Crippen LogP contribution in [0, 0.1) is 5.92 Å². The van der Waals surface area contributed by atoms with E-state index < -0.39 is 5.97 Å². The largest absolute Gasteiger partial charge is 0.493 e. The minimum absolute atomic E-state index is 0.000925. The van der Waals surface area contributed by atoms with Crippen LogP contribution in [-0.2, 0) is 6.54 Å². The molecule has 142 valence electrons. The standard InChI is InChI=1S/C20H22ClN3O3/c1-3-13(4-2)12-27-19-6-5-16(21)7-15(19)11-24-18-10-22-17(20(25)26)8-14(18)9-23-24/h5-10,13H,3-4,11-12H2,1-2H3,(H,25,26). The Bertz CT molecular complexity index is 951. The van der Waals surface area contributed by atoms with E-state index in [0.29, 0.717) is 24.1 Å². The van der Waals surface area contributed by atoms with Crippen molar-refractivity contribution in [3.8, 4) is 5.75 Å². The van der Waals surface area contributed by atoms with Gasteiger partial charge in [0.05, 0.1) is 31.1 Å². The molecule has 2 heterocycles. The summed E-state index contributed by atoms with van der Waals surface area (Å²) in [5.41, 5.74) is 1.67. The Morgan fingerprint density at radius 1 is 1.26 bits per heavy atom. The van der Waals surface area contributed by atoms with Gasteiger partial charge < -0.3 is 9.84 Å². The maximum atomic E-state index is 11.1. The lowest BCUT2D eigenvalue weighted by molar-refractivity contribution is 0.0690. The number of hydrogen-bond donors (Lipinski definition) is 1. The quantitative estimate of drug-likeness (QED) is 0.608. The fraction of sp³-hybridized carbons (Fsp3) is 0.350. The number of nitrogens with zero attached hydrogens (tertiary/aromatic N) is 3. The van der Waals surface area contributed by atoms with Gasteiger partial charge in [0.25, 0.3) is 0 Å². The van der Waals surface area contributed by atoms with Gasteiger partial charge >= 0.3 is 5.97 Å². The highest BCUT2D eigenvalue weighted by atomic mass is 35.5. The van der Waals surface area contributed by atoms with Crippen molar-refractivity contribution in [2.75, 3.05) is 6.61 Å². The van der Waals surface area contributed by atoms with Crippen molar-refractivity contribution < 1.29 is 14.6 Å². The molecule has 0 amide bonds. The van der Waals surface area contributed by atoms with Crippen LogP contribution in [0.25, 0.3) is 10.9 Å². The normalized spacial score (nSPS) is 11.3. The SMILES string of the molecule is CCC(CC)COc1ccc(Cl)cc1Cn1ncc2cc(C(=O)O)ncc21. The molecule has 0 atom stereocenters. The van der Waals surface area contributed by atoms with Crippen LogP contribution in [0.4, 0.5) is 0 Å². The average Bonchev–Trinajstić information content (AvgIpc) is 3.06. The summed E-state index contributed by atoms with van der Waals surface area (Å²) in [5.74, 6) is 0.236. The number of carbonyl (C=O) groups is 1. The fourth-order valence-electron chi connectivity index (χ4n) is 2.93. The van der Waals surface area contributed by atoms with Gasteiger partial charge in [-0.2, -0.15) is 5.10 Å². The van der Waals surface area contributed by atoms with Gasteiger partial charge in [-0.15, -0.1) is 0 Å². The number of halogens is 1. The molecule has 1 N–H and O–H groups in total. The van der Waals surface area contributed by atoms with E-state index in [0.717, 1.165) is 35.1 Å². The molecule has 3 rings (SSSR count). The molecular formula is C20H22ClN3O3. The van der Waals surface area contributed by atoms with E-state index in [9.17, 15) is 4.79 Å². The van der Waals surface area contributed by atoms with Crippen LogP contribution in [-0.4, -0.2) is 32.4 Å². The highest BCUT2D eigenvalue weighted by Crippen LogP contribution is 2.26. The first-order valence-electron chi connectivity index (χ1n) is 8.97. The first kappa shape index (κ1) is 19.2. The molecular weight excluding hydrogens is 366 g/mol. The smallest absolute Gasteiger partial charge is 0.354 e. The number of benzene rings is 1. The maximum Gasteiger partial charge on any atom is 0.354 e. The van der Waals surface area contributed by atoms with E-state index in [-0.39, 0.29) is 5.69 Å². The third-order valence-corrected chi connectivity index (χ3v) is 4.95. The summed E-state index contributed by atoms with van der Waals surface area (Å²) in [5, 5.41) is 14.8. The number of rotatable bonds is 8. The monoisotopic (exact) mass is 387 g/mol. The van der Waals surface area contributed by atoms with Crippen molar-refractivity contribution in [3.05, 3.63) is 52.9 Å². The fourth-order valence-corrected chi connectivity index (χ4v) is 3.12. The zero-order chi connectivity index (χ0) is 19.4. The predicted molar refractivity (Wildman–Crippen MR) is 105 cm³/mol. The van der Waals surface area contributed by atoms with E-state index in [1.54, 1.807) is 10.9 Å². The van der Waals surface area contributed by atoms with Gasteiger partial charge in [0, 0.05) is 16.0 Å². The summed E-state index contributed by atoms with van der Waals surface area (Å²) in [4.78, 5) is 15.1. The molecule has 0 saturated heterocycles. The minimum atomic E-state index is -1.06. The van der Waals surface area contributed by atoms with Crippen molar-refractivity contribution in [2.24, 2.45) is 5.92 Å². The van der Waals surface area contributed by atoms with Gasteiger partial charge in [-0.05, 0) is 30.2 Å². The second-order valence-electron chi connectivity index (χ2n) is 6.48. The number of carboxylic acid groups (broad SMARTS) is 1. The number of carboxylic acids is 1. The number of fused-ring (bicyclic) bond motifs is 1. The second kappa shape index (κ2) is 8.39. The molecule has 2 aromatic heterocycles. The van der Waals surface area contributed by atoms with E-state index in [2.05, 4.69) is 23.9 Å². The molecule has 0 aliphatic heterocycles. The molecule has 6 nitrogen and oxygen atoms in total. The number of ether oxygens (including phenoxy) is 1. The molecule has 0 bridgehead atoms. The molecule has 0 radical (unpaired) electrons. The number of aromatic nitrogens is 3. The van der Waals surface area contributed by atoms with Crippen molar-refractivity contribution >= 4 is 28.5 Å². The third-order valence-electron chi connectivity index (χ3n) is 4.72. The zero-order valence-corrected chi connectivity index (χ0v) is 16.1. The van der Waals surface area contributed by atoms with Crippen molar-refractivity contribution in [2.45, 2.75) is 33.2 Å². The van der Waals surface area contributed by atoms with Crippen LogP contribution in [0.3, 0.4) is 0 Å². The molecule has 0 unspecified atom stereocenters. The Balaban J connectivity index is 1.87. The molecule has 7 heteroatoms. The van der Waals surface area contributed by atoms with Crippen molar-refractivity contribution in [1.82, 2.24) is 14.8 Å². The topological polar surface area (TPSA) is 77.2 Å². The lowest BCUT2D eigenvalue weighted by Crippen LogP contribution is -2.12.